The molecule has 2 aromatic rings. The molecule has 2 aromatic carbocycles. The van der Waals surface area contributed by atoms with Gasteiger partial charge in [0.05, 0.1) is 6.04 Å². The minimum absolute atomic E-state index is 0.360. The Hall–Kier alpha value is -1.94. The monoisotopic (exact) mass is 249 g/mol. The van der Waals surface area contributed by atoms with Gasteiger partial charge in [-0.05, 0) is 29.8 Å². The largest absolute Gasteiger partial charge is 0.457 e. The van der Waals surface area contributed by atoms with Crippen LogP contribution in [0.15, 0.2) is 54.6 Å². The minimum Gasteiger partial charge on any atom is -0.457 e. The van der Waals surface area contributed by atoms with E-state index >= 15 is 0 Å². The Labute approximate surface area is 104 Å². The molecule has 0 aliphatic rings. The van der Waals surface area contributed by atoms with Gasteiger partial charge in [-0.1, -0.05) is 30.3 Å². The van der Waals surface area contributed by atoms with Crippen molar-refractivity contribution < 1.29 is 13.5 Å². The van der Waals surface area contributed by atoms with E-state index in [1.54, 1.807) is 30.3 Å². The molecule has 0 aromatic heterocycles. The van der Waals surface area contributed by atoms with Crippen LogP contribution in [0.25, 0.3) is 0 Å². The minimum atomic E-state index is -2.59. The van der Waals surface area contributed by atoms with Crippen molar-refractivity contribution in [3.05, 3.63) is 60.2 Å². The van der Waals surface area contributed by atoms with Crippen LogP contribution in [-0.4, -0.2) is 6.43 Å². The van der Waals surface area contributed by atoms with Crippen LogP contribution >= 0.6 is 0 Å². The van der Waals surface area contributed by atoms with E-state index in [2.05, 4.69) is 0 Å². The molecule has 0 saturated heterocycles. The van der Waals surface area contributed by atoms with Crippen LogP contribution in [0.5, 0.6) is 11.5 Å². The highest BCUT2D eigenvalue weighted by Gasteiger charge is 2.17. The summed E-state index contributed by atoms with van der Waals surface area (Å²) in [5.74, 6) is 1.15. The highest BCUT2D eigenvalue weighted by molar-refractivity contribution is 5.35. The van der Waals surface area contributed by atoms with Crippen LogP contribution in [0.4, 0.5) is 8.78 Å². The predicted molar refractivity (Wildman–Crippen MR) is 65.9 cm³/mol. The fourth-order valence-electron chi connectivity index (χ4n) is 1.56. The third-order valence-electron chi connectivity index (χ3n) is 2.49. The number of halogens is 2. The molecule has 0 aliphatic carbocycles. The van der Waals surface area contributed by atoms with Crippen molar-refractivity contribution in [1.82, 2.24) is 0 Å². The Morgan fingerprint density at radius 1 is 0.889 bits per heavy atom. The van der Waals surface area contributed by atoms with Gasteiger partial charge in [0.15, 0.2) is 0 Å². The molecule has 0 amide bonds. The maximum atomic E-state index is 12.5. The molecule has 18 heavy (non-hydrogen) atoms. The van der Waals surface area contributed by atoms with E-state index < -0.39 is 12.5 Å². The molecule has 0 heterocycles. The van der Waals surface area contributed by atoms with Crippen molar-refractivity contribution in [2.45, 2.75) is 12.5 Å². The van der Waals surface area contributed by atoms with E-state index in [1.165, 1.54) is 6.07 Å². The van der Waals surface area contributed by atoms with Crippen molar-refractivity contribution in [1.29, 1.82) is 0 Å². The lowest BCUT2D eigenvalue weighted by Crippen LogP contribution is -2.18. The summed E-state index contributed by atoms with van der Waals surface area (Å²) in [6, 6.07) is 14.3. The molecule has 0 saturated carbocycles. The molecule has 2 nitrogen and oxygen atoms in total. The van der Waals surface area contributed by atoms with Crippen molar-refractivity contribution in [3.63, 3.8) is 0 Å². The number of alkyl halides is 2. The van der Waals surface area contributed by atoms with Crippen molar-refractivity contribution in [2.24, 2.45) is 5.73 Å². The Kier molecular flexibility index (Phi) is 3.89. The molecule has 1 atom stereocenters. The Balaban J connectivity index is 2.18. The zero-order valence-corrected chi connectivity index (χ0v) is 9.59. The van der Waals surface area contributed by atoms with E-state index in [4.69, 9.17) is 10.5 Å². The van der Waals surface area contributed by atoms with E-state index in [-0.39, 0.29) is 0 Å². The molecule has 94 valence electrons. The SMILES string of the molecule is N[C@H](c1cccc(Oc2ccccc2)c1)C(F)F. The molecular weight excluding hydrogens is 236 g/mol. The van der Waals surface area contributed by atoms with Gasteiger partial charge in [0.1, 0.15) is 11.5 Å². The lowest BCUT2D eigenvalue weighted by atomic mass is 10.1. The van der Waals surface area contributed by atoms with E-state index in [0.29, 0.717) is 17.1 Å². The third-order valence-corrected chi connectivity index (χ3v) is 2.49. The van der Waals surface area contributed by atoms with Gasteiger partial charge in [0, 0.05) is 0 Å². The molecule has 0 bridgehead atoms. The van der Waals surface area contributed by atoms with Gasteiger partial charge in [-0.25, -0.2) is 8.78 Å². The van der Waals surface area contributed by atoms with E-state index in [1.807, 2.05) is 18.2 Å². The lowest BCUT2D eigenvalue weighted by molar-refractivity contribution is 0.116. The van der Waals surface area contributed by atoms with Gasteiger partial charge in [-0.3, -0.25) is 0 Å². The summed E-state index contributed by atoms with van der Waals surface area (Å²) in [7, 11) is 0. The first kappa shape index (κ1) is 12.5. The fraction of sp³-hybridized carbons (Fsp3) is 0.143. The van der Waals surface area contributed by atoms with Gasteiger partial charge < -0.3 is 10.5 Å². The molecule has 0 spiro atoms. The molecule has 0 fully saturated rings. The molecule has 4 heteroatoms. The second kappa shape index (κ2) is 5.60. The predicted octanol–water partition coefficient (Wildman–Crippen LogP) is 3.74. The van der Waals surface area contributed by atoms with Crippen LogP contribution in [0, 0.1) is 0 Å². The number of para-hydroxylation sites is 1. The highest BCUT2D eigenvalue weighted by Crippen LogP contribution is 2.25. The van der Waals surface area contributed by atoms with Crippen LogP contribution < -0.4 is 10.5 Å². The van der Waals surface area contributed by atoms with Gasteiger partial charge in [-0.2, -0.15) is 0 Å². The average molecular weight is 249 g/mol. The van der Waals surface area contributed by atoms with Crippen LogP contribution in [0.3, 0.4) is 0 Å². The topological polar surface area (TPSA) is 35.2 Å². The first-order chi connectivity index (χ1) is 8.66. The second-order valence-corrected chi connectivity index (χ2v) is 3.85. The summed E-state index contributed by atoms with van der Waals surface area (Å²) in [5, 5.41) is 0. The van der Waals surface area contributed by atoms with E-state index in [0.717, 1.165) is 0 Å². The van der Waals surface area contributed by atoms with Crippen molar-refractivity contribution in [3.8, 4) is 11.5 Å². The van der Waals surface area contributed by atoms with Crippen LogP contribution in [-0.2, 0) is 0 Å². The Bertz CT molecular complexity index is 502. The quantitative estimate of drug-likeness (QED) is 0.895. The molecule has 0 aliphatic heterocycles. The van der Waals surface area contributed by atoms with Crippen molar-refractivity contribution >= 4 is 0 Å². The number of ether oxygens (including phenoxy) is 1. The number of nitrogens with two attached hydrogens (primary N) is 1. The standard InChI is InChI=1S/C14H13F2NO/c15-14(16)13(17)10-5-4-8-12(9-10)18-11-6-2-1-3-7-11/h1-9,13-14H,17H2/t13-/m1/s1. The molecule has 0 radical (unpaired) electrons. The molecule has 2 N–H and O–H groups in total. The highest BCUT2D eigenvalue weighted by atomic mass is 19.3. The average Bonchev–Trinajstić information content (AvgIpc) is 2.39. The zero-order valence-electron chi connectivity index (χ0n) is 9.59. The number of hydrogen-bond donors (Lipinski definition) is 1. The van der Waals surface area contributed by atoms with Gasteiger partial charge in [0.2, 0.25) is 0 Å². The summed E-state index contributed by atoms with van der Waals surface area (Å²) in [4.78, 5) is 0. The Morgan fingerprint density at radius 2 is 1.56 bits per heavy atom. The first-order valence-corrected chi connectivity index (χ1v) is 5.53. The lowest BCUT2D eigenvalue weighted by Gasteiger charge is -2.12. The maximum absolute atomic E-state index is 12.5. The summed E-state index contributed by atoms with van der Waals surface area (Å²) in [5.41, 5.74) is 5.75. The first-order valence-electron chi connectivity index (χ1n) is 5.53. The van der Waals surface area contributed by atoms with Gasteiger partial charge in [0.25, 0.3) is 6.43 Å². The molecule has 2 rings (SSSR count). The summed E-state index contributed by atoms with van der Waals surface area (Å²) < 4.78 is 30.6. The summed E-state index contributed by atoms with van der Waals surface area (Å²) in [6.45, 7) is 0. The van der Waals surface area contributed by atoms with Crippen LogP contribution in [0.2, 0.25) is 0 Å². The van der Waals surface area contributed by atoms with Crippen molar-refractivity contribution in [2.75, 3.05) is 0 Å². The van der Waals surface area contributed by atoms with Crippen LogP contribution in [0.1, 0.15) is 11.6 Å². The zero-order chi connectivity index (χ0) is 13.0. The number of benzene rings is 2. The third kappa shape index (κ3) is 3.05. The normalized spacial score (nSPS) is 12.4. The van der Waals surface area contributed by atoms with Gasteiger partial charge in [-0.15, -0.1) is 0 Å². The summed E-state index contributed by atoms with van der Waals surface area (Å²) >= 11 is 0. The number of hydrogen-bond acceptors (Lipinski definition) is 2. The fourth-order valence-corrected chi connectivity index (χ4v) is 1.56. The van der Waals surface area contributed by atoms with E-state index in [9.17, 15) is 8.78 Å². The second-order valence-electron chi connectivity index (χ2n) is 3.85. The molecule has 0 unspecified atom stereocenters. The maximum Gasteiger partial charge on any atom is 0.257 e. The smallest absolute Gasteiger partial charge is 0.257 e. The molecular formula is C14H13F2NO. The van der Waals surface area contributed by atoms with Gasteiger partial charge >= 0.3 is 0 Å². The number of rotatable bonds is 4. The Morgan fingerprint density at radius 3 is 2.22 bits per heavy atom. The summed E-state index contributed by atoms with van der Waals surface area (Å²) in [6.07, 6.45) is -2.59.